The standard InChI is InChI=1S/C16H18N2O2S/c1-12-7-8-15(14(17)9-12)21(20)11-16(19)18-10-13-5-3-2-4-6-13/h2-9H,10-11,17H2,1H3,(H,18,19). The van der Waals surface area contributed by atoms with Crippen molar-refractivity contribution in [2.75, 3.05) is 11.5 Å². The van der Waals surface area contributed by atoms with E-state index in [0.29, 0.717) is 17.1 Å². The summed E-state index contributed by atoms with van der Waals surface area (Å²) in [4.78, 5) is 12.3. The number of carbonyl (C=O) groups is 1. The van der Waals surface area contributed by atoms with Gasteiger partial charge in [0.1, 0.15) is 5.75 Å². The fourth-order valence-corrected chi connectivity index (χ4v) is 2.96. The fraction of sp³-hybridized carbons (Fsp3) is 0.188. The third kappa shape index (κ3) is 4.43. The van der Waals surface area contributed by atoms with Crippen LogP contribution in [0.5, 0.6) is 0 Å². The highest BCUT2D eigenvalue weighted by atomic mass is 32.2. The minimum atomic E-state index is -1.43. The van der Waals surface area contributed by atoms with Crippen molar-refractivity contribution in [2.45, 2.75) is 18.4 Å². The minimum Gasteiger partial charge on any atom is -0.398 e. The summed E-state index contributed by atoms with van der Waals surface area (Å²) >= 11 is 0. The van der Waals surface area contributed by atoms with Gasteiger partial charge in [-0.05, 0) is 30.2 Å². The molecule has 3 N–H and O–H groups in total. The van der Waals surface area contributed by atoms with Crippen molar-refractivity contribution in [3.8, 4) is 0 Å². The number of hydrogen-bond donors (Lipinski definition) is 2. The van der Waals surface area contributed by atoms with Crippen LogP contribution in [-0.2, 0) is 22.1 Å². The number of nitrogens with one attached hydrogen (secondary N) is 1. The highest BCUT2D eigenvalue weighted by molar-refractivity contribution is 7.86. The molecule has 0 aliphatic rings. The maximum atomic E-state index is 12.2. The molecule has 0 radical (unpaired) electrons. The van der Waals surface area contributed by atoms with E-state index < -0.39 is 10.8 Å². The number of aryl methyl sites for hydroxylation is 1. The Morgan fingerprint density at radius 2 is 1.90 bits per heavy atom. The first-order valence-corrected chi connectivity index (χ1v) is 7.93. The fourth-order valence-electron chi connectivity index (χ4n) is 1.92. The summed E-state index contributed by atoms with van der Waals surface area (Å²) in [6.07, 6.45) is 0. The zero-order valence-electron chi connectivity index (χ0n) is 11.8. The second kappa shape index (κ2) is 7.04. The number of carbonyl (C=O) groups excluding carboxylic acids is 1. The molecule has 0 fully saturated rings. The predicted molar refractivity (Wildman–Crippen MR) is 85.2 cm³/mol. The molecule has 0 bridgehead atoms. The van der Waals surface area contributed by atoms with E-state index in [1.807, 2.05) is 43.3 Å². The lowest BCUT2D eigenvalue weighted by molar-refractivity contribution is -0.118. The molecule has 0 aliphatic carbocycles. The van der Waals surface area contributed by atoms with Gasteiger partial charge < -0.3 is 11.1 Å². The average Bonchev–Trinajstić information content (AvgIpc) is 2.46. The van der Waals surface area contributed by atoms with Gasteiger partial charge in [0, 0.05) is 12.2 Å². The van der Waals surface area contributed by atoms with Crippen LogP contribution in [0.15, 0.2) is 53.4 Å². The number of nitrogen functional groups attached to an aromatic ring is 1. The van der Waals surface area contributed by atoms with E-state index in [1.54, 1.807) is 12.1 Å². The number of rotatable bonds is 5. The molecule has 2 aromatic carbocycles. The second-order valence-electron chi connectivity index (χ2n) is 4.79. The molecule has 0 spiro atoms. The molecule has 1 atom stereocenters. The molecule has 5 heteroatoms. The lowest BCUT2D eigenvalue weighted by atomic mass is 10.2. The number of benzene rings is 2. The van der Waals surface area contributed by atoms with E-state index in [0.717, 1.165) is 11.1 Å². The van der Waals surface area contributed by atoms with Crippen LogP contribution in [0.4, 0.5) is 5.69 Å². The Morgan fingerprint density at radius 1 is 1.19 bits per heavy atom. The normalized spacial score (nSPS) is 11.9. The molecular weight excluding hydrogens is 284 g/mol. The number of nitrogens with two attached hydrogens (primary N) is 1. The lowest BCUT2D eigenvalue weighted by Crippen LogP contribution is -2.28. The Kier molecular flexibility index (Phi) is 5.11. The third-order valence-corrected chi connectivity index (χ3v) is 4.39. The van der Waals surface area contributed by atoms with Crippen LogP contribution >= 0.6 is 0 Å². The number of anilines is 1. The van der Waals surface area contributed by atoms with Gasteiger partial charge in [-0.1, -0.05) is 36.4 Å². The molecule has 2 rings (SSSR count). The van der Waals surface area contributed by atoms with Crippen LogP contribution in [0.1, 0.15) is 11.1 Å². The van der Waals surface area contributed by atoms with Crippen LogP contribution < -0.4 is 11.1 Å². The Morgan fingerprint density at radius 3 is 2.57 bits per heavy atom. The first-order chi connectivity index (χ1) is 10.1. The molecule has 110 valence electrons. The van der Waals surface area contributed by atoms with Crippen LogP contribution in [0, 0.1) is 6.92 Å². The summed E-state index contributed by atoms with van der Waals surface area (Å²) in [6.45, 7) is 2.34. The average molecular weight is 302 g/mol. The third-order valence-electron chi connectivity index (χ3n) is 3.01. The minimum absolute atomic E-state index is 0.0832. The first kappa shape index (κ1) is 15.3. The smallest absolute Gasteiger partial charge is 0.233 e. The zero-order chi connectivity index (χ0) is 15.2. The van der Waals surface area contributed by atoms with Gasteiger partial charge in [0.25, 0.3) is 0 Å². The molecule has 2 aromatic rings. The van der Waals surface area contributed by atoms with Crippen LogP contribution in [0.2, 0.25) is 0 Å². The van der Waals surface area contributed by atoms with Gasteiger partial charge in [-0.25, -0.2) is 0 Å². The van der Waals surface area contributed by atoms with Crippen LogP contribution in [0.3, 0.4) is 0 Å². The van der Waals surface area contributed by atoms with Gasteiger partial charge in [-0.15, -0.1) is 0 Å². The van der Waals surface area contributed by atoms with Crippen LogP contribution in [-0.4, -0.2) is 15.9 Å². The summed E-state index contributed by atoms with van der Waals surface area (Å²) in [6, 6.07) is 14.9. The summed E-state index contributed by atoms with van der Waals surface area (Å²) in [5.41, 5.74) is 8.31. The van der Waals surface area contributed by atoms with E-state index in [9.17, 15) is 9.00 Å². The number of hydrogen-bond acceptors (Lipinski definition) is 3. The van der Waals surface area contributed by atoms with Gasteiger partial charge in [0.2, 0.25) is 5.91 Å². The maximum Gasteiger partial charge on any atom is 0.233 e. The van der Waals surface area contributed by atoms with E-state index in [2.05, 4.69) is 5.32 Å². The molecule has 0 saturated heterocycles. The predicted octanol–water partition coefficient (Wildman–Crippen LogP) is 2.00. The SMILES string of the molecule is Cc1ccc(S(=O)CC(=O)NCc2ccccc2)c(N)c1. The van der Waals surface area contributed by atoms with Gasteiger partial charge in [-0.2, -0.15) is 0 Å². The van der Waals surface area contributed by atoms with Crippen LogP contribution in [0.25, 0.3) is 0 Å². The molecule has 1 amide bonds. The lowest BCUT2D eigenvalue weighted by Gasteiger charge is -2.08. The largest absolute Gasteiger partial charge is 0.398 e. The quantitative estimate of drug-likeness (QED) is 0.830. The summed E-state index contributed by atoms with van der Waals surface area (Å²) in [5.74, 6) is -0.336. The van der Waals surface area contributed by atoms with Crippen molar-refractivity contribution >= 4 is 22.4 Å². The Balaban J connectivity index is 1.91. The monoisotopic (exact) mass is 302 g/mol. The number of amides is 1. The maximum absolute atomic E-state index is 12.2. The van der Waals surface area contributed by atoms with E-state index in [-0.39, 0.29) is 11.7 Å². The van der Waals surface area contributed by atoms with Gasteiger partial charge in [0.05, 0.1) is 15.7 Å². The molecule has 0 aliphatic heterocycles. The van der Waals surface area contributed by atoms with E-state index in [4.69, 9.17) is 5.73 Å². The highest BCUT2D eigenvalue weighted by Crippen LogP contribution is 2.17. The molecule has 4 nitrogen and oxygen atoms in total. The Labute approximate surface area is 126 Å². The summed E-state index contributed by atoms with van der Waals surface area (Å²) in [5, 5.41) is 2.76. The molecular formula is C16H18N2O2S. The summed E-state index contributed by atoms with van der Waals surface area (Å²) in [7, 11) is -1.43. The van der Waals surface area contributed by atoms with Crippen molar-refractivity contribution in [3.05, 3.63) is 59.7 Å². The molecule has 21 heavy (non-hydrogen) atoms. The van der Waals surface area contributed by atoms with Crippen molar-refractivity contribution in [3.63, 3.8) is 0 Å². The van der Waals surface area contributed by atoms with Crippen molar-refractivity contribution in [2.24, 2.45) is 0 Å². The van der Waals surface area contributed by atoms with Gasteiger partial charge in [0.15, 0.2) is 0 Å². The highest BCUT2D eigenvalue weighted by Gasteiger charge is 2.12. The van der Waals surface area contributed by atoms with Gasteiger partial charge >= 0.3 is 0 Å². The van der Waals surface area contributed by atoms with Crippen molar-refractivity contribution in [1.82, 2.24) is 5.32 Å². The second-order valence-corrected chi connectivity index (χ2v) is 6.21. The Bertz CT molecular complexity index is 657. The molecule has 1 unspecified atom stereocenters. The topological polar surface area (TPSA) is 72.2 Å². The summed E-state index contributed by atoms with van der Waals surface area (Å²) < 4.78 is 12.2. The van der Waals surface area contributed by atoms with E-state index >= 15 is 0 Å². The Hall–Kier alpha value is -2.14. The molecule has 0 aromatic heterocycles. The van der Waals surface area contributed by atoms with E-state index in [1.165, 1.54) is 0 Å². The van der Waals surface area contributed by atoms with Crippen molar-refractivity contribution < 1.29 is 9.00 Å². The first-order valence-electron chi connectivity index (χ1n) is 6.61. The van der Waals surface area contributed by atoms with Gasteiger partial charge in [-0.3, -0.25) is 9.00 Å². The molecule has 0 heterocycles. The zero-order valence-corrected chi connectivity index (χ0v) is 12.7. The molecule has 0 saturated carbocycles. The van der Waals surface area contributed by atoms with Crippen molar-refractivity contribution in [1.29, 1.82) is 0 Å².